The van der Waals surface area contributed by atoms with Crippen LogP contribution in [0.3, 0.4) is 0 Å². The van der Waals surface area contributed by atoms with Gasteiger partial charge in [-0.15, -0.1) is 11.3 Å². The Morgan fingerprint density at radius 3 is 3.05 bits per heavy atom. The monoisotopic (exact) mass is 291 g/mol. The molecule has 0 saturated heterocycles. The Bertz CT molecular complexity index is 861. The molecule has 1 N–H and O–H groups in total. The van der Waals surface area contributed by atoms with E-state index in [0.29, 0.717) is 16.0 Å². The normalized spacial score (nSPS) is 11.1. The van der Waals surface area contributed by atoms with E-state index in [2.05, 4.69) is 10.1 Å². The molecule has 0 radical (unpaired) electrons. The summed E-state index contributed by atoms with van der Waals surface area (Å²) in [5.41, 5.74) is 1.29. The highest BCUT2D eigenvalue weighted by Crippen LogP contribution is 2.19. The number of carboxylic acids is 1. The van der Waals surface area contributed by atoms with Crippen LogP contribution in [0.5, 0.6) is 0 Å². The van der Waals surface area contributed by atoms with Gasteiger partial charge < -0.3 is 9.63 Å². The van der Waals surface area contributed by atoms with Crippen LogP contribution in [0.2, 0.25) is 0 Å². The molecule has 3 aromatic heterocycles. The number of carbonyl (C=O) groups is 1. The van der Waals surface area contributed by atoms with Crippen molar-refractivity contribution >= 4 is 27.5 Å². The van der Waals surface area contributed by atoms with Gasteiger partial charge >= 0.3 is 5.97 Å². The summed E-state index contributed by atoms with van der Waals surface area (Å²) >= 11 is 1.34. The van der Waals surface area contributed by atoms with Gasteiger partial charge in [0.25, 0.3) is 5.56 Å². The lowest BCUT2D eigenvalue weighted by Crippen LogP contribution is -2.20. The Morgan fingerprint density at radius 2 is 2.35 bits per heavy atom. The van der Waals surface area contributed by atoms with E-state index in [0.717, 1.165) is 5.56 Å². The molecular weight excluding hydrogens is 282 g/mol. The Hall–Kier alpha value is -2.48. The number of hydrogen-bond acceptors (Lipinski definition) is 6. The maximum Gasteiger partial charge on any atom is 0.358 e. The maximum atomic E-state index is 12.2. The number of rotatable bonds is 3. The Morgan fingerprint density at radius 1 is 1.55 bits per heavy atom. The molecule has 3 aromatic rings. The van der Waals surface area contributed by atoms with Crippen LogP contribution in [0, 0.1) is 6.92 Å². The van der Waals surface area contributed by atoms with Crippen molar-refractivity contribution in [1.82, 2.24) is 14.7 Å². The quantitative estimate of drug-likeness (QED) is 0.785. The van der Waals surface area contributed by atoms with Crippen LogP contribution in [-0.4, -0.2) is 25.8 Å². The average Bonchev–Trinajstić information content (AvgIpc) is 3.01. The van der Waals surface area contributed by atoms with Crippen molar-refractivity contribution in [2.24, 2.45) is 0 Å². The van der Waals surface area contributed by atoms with Crippen molar-refractivity contribution in [3.05, 3.63) is 45.1 Å². The summed E-state index contributed by atoms with van der Waals surface area (Å²) in [5, 5.41) is 14.0. The summed E-state index contributed by atoms with van der Waals surface area (Å²) in [6, 6.07) is 1.29. The van der Waals surface area contributed by atoms with E-state index in [9.17, 15) is 9.59 Å². The topological polar surface area (TPSA) is 98.2 Å². The van der Waals surface area contributed by atoms with Crippen LogP contribution in [0.15, 0.2) is 27.1 Å². The van der Waals surface area contributed by atoms with Crippen molar-refractivity contribution in [3.8, 4) is 0 Å². The lowest BCUT2D eigenvalue weighted by Gasteiger charge is -2.01. The number of nitrogens with zero attached hydrogens (tertiary/aromatic N) is 3. The predicted molar refractivity (Wildman–Crippen MR) is 71.2 cm³/mol. The van der Waals surface area contributed by atoms with Gasteiger partial charge in [-0.3, -0.25) is 9.36 Å². The number of aromatic carboxylic acids is 1. The highest BCUT2D eigenvalue weighted by molar-refractivity contribution is 7.17. The molecule has 0 aliphatic carbocycles. The van der Waals surface area contributed by atoms with Gasteiger partial charge in [0.1, 0.15) is 4.70 Å². The van der Waals surface area contributed by atoms with E-state index in [1.54, 1.807) is 0 Å². The molecule has 0 unspecified atom stereocenters. The fraction of sp³-hybridized carbons (Fsp3) is 0.167. The van der Waals surface area contributed by atoms with Crippen LogP contribution < -0.4 is 5.56 Å². The molecule has 102 valence electrons. The third-order valence-electron chi connectivity index (χ3n) is 2.83. The number of aromatic nitrogens is 3. The fourth-order valence-corrected chi connectivity index (χ4v) is 2.78. The van der Waals surface area contributed by atoms with Crippen LogP contribution in [-0.2, 0) is 6.54 Å². The summed E-state index contributed by atoms with van der Waals surface area (Å²) in [5.74, 6) is -0.881. The lowest BCUT2D eigenvalue weighted by molar-refractivity contribution is 0.0685. The van der Waals surface area contributed by atoms with Gasteiger partial charge in [0.2, 0.25) is 0 Å². The first kappa shape index (κ1) is 12.5. The molecule has 0 aromatic carbocycles. The Balaban J connectivity index is 2.00. The molecule has 0 fully saturated rings. The molecule has 0 spiro atoms. The van der Waals surface area contributed by atoms with Crippen molar-refractivity contribution in [3.63, 3.8) is 0 Å². The van der Waals surface area contributed by atoms with E-state index < -0.39 is 5.97 Å². The van der Waals surface area contributed by atoms with Gasteiger partial charge in [0, 0.05) is 6.07 Å². The first-order valence-electron chi connectivity index (χ1n) is 5.68. The number of carboxylic acid groups (broad SMARTS) is 1. The molecule has 20 heavy (non-hydrogen) atoms. The van der Waals surface area contributed by atoms with Crippen LogP contribution >= 0.6 is 11.3 Å². The zero-order valence-electron chi connectivity index (χ0n) is 10.4. The summed E-state index contributed by atoms with van der Waals surface area (Å²) in [7, 11) is 0. The highest BCUT2D eigenvalue weighted by Gasteiger charge is 2.13. The molecule has 3 rings (SSSR count). The second kappa shape index (κ2) is 4.57. The van der Waals surface area contributed by atoms with E-state index >= 15 is 0 Å². The molecule has 3 heterocycles. The van der Waals surface area contributed by atoms with E-state index in [4.69, 9.17) is 9.63 Å². The third kappa shape index (κ3) is 1.99. The molecule has 7 nitrogen and oxygen atoms in total. The minimum absolute atomic E-state index is 0.0962. The number of hydrogen-bond donors (Lipinski definition) is 1. The van der Waals surface area contributed by atoms with Crippen molar-refractivity contribution in [2.75, 3.05) is 0 Å². The average molecular weight is 291 g/mol. The predicted octanol–water partition coefficient (Wildman–Crippen LogP) is 1.50. The third-order valence-corrected chi connectivity index (χ3v) is 3.90. The Labute approximate surface area is 116 Å². The van der Waals surface area contributed by atoms with Crippen molar-refractivity contribution in [1.29, 1.82) is 0 Å². The van der Waals surface area contributed by atoms with Gasteiger partial charge in [-0.05, 0) is 17.9 Å². The van der Waals surface area contributed by atoms with E-state index in [1.165, 1.54) is 28.3 Å². The van der Waals surface area contributed by atoms with Crippen LogP contribution in [0.1, 0.15) is 21.8 Å². The second-order valence-electron chi connectivity index (χ2n) is 4.26. The summed E-state index contributed by atoms with van der Waals surface area (Å²) in [4.78, 5) is 27.2. The van der Waals surface area contributed by atoms with Gasteiger partial charge in [-0.1, -0.05) is 5.16 Å². The molecule has 0 amide bonds. The van der Waals surface area contributed by atoms with Crippen LogP contribution in [0.25, 0.3) is 10.2 Å². The summed E-state index contributed by atoms with van der Waals surface area (Å²) in [6.07, 6.45) is 1.42. The number of fused-ring (bicyclic) bond motifs is 1. The van der Waals surface area contributed by atoms with Crippen LogP contribution in [0.4, 0.5) is 0 Å². The highest BCUT2D eigenvalue weighted by atomic mass is 32.1. The van der Waals surface area contributed by atoms with Gasteiger partial charge in [0.15, 0.2) is 11.5 Å². The molecule has 0 saturated carbocycles. The second-order valence-corrected chi connectivity index (χ2v) is 5.14. The smallest absolute Gasteiger partial charge is 0.358 e. The fourth-order valence-electron chi connectivity index (χ4n) is 1.83. The molecular formula is C12H9N3O4S. The standard InChI is InChI=1S/C12H9N3O4S/c1-6-4-20-10-9(6)13-5-15(11(10)16)3-7-2-8(12(17)18)14-19-7/h2,4-5H,3H2,1H3,(H,17,18). The molecule has 0 aliphatic heterocycles. The first-order valence-corrected chi connectivity index (χ1v) is 6.56. The minimum Gasteiger partial charge on any atom is -0.476 e. The maximum absolute atomic E-state index is 12.2. The largest absolute Gasteiger partial charge is 0.476 e. The Kier molecular flexibility index (Phi) is 2.87. The lowest BCUT2D eigenvalue weighted by atomic mass is 10.3. The van der Waals surface area contributed by atoms with Crippen molar-refractivity contribution in [2.45, 2.75) is 13.5 Å². The molecule has 0 aliphatic rings. The van der Waals surface area contributed by atoms with Gasteiger partial charge in [-0.25, -0.2) is 9.78 Å². The summed E-state index contributed by atoms with van der Waals surface area (Å²) in [6.45, 7) is 1.99. The van der Waals surface area contributed by atoms with E-state index in [-0.39, 0.29) is 17.8 Å². The number of aryl methyl sites for hydroxylation is 1. The summed E-state index contributed by atoms with van der Waals surface area (Å²) < 4.78 is 6.82. The SMILES string of the molecule is Cc1csc2c(=O)n(Cc3cc(C(=O)O)no3)cnc12. The zero-order valence-corrected chi connectivity index (χ0v) is 11.2. The molecule has 8 heteroatoms. The first-order chi connectivity index (χ1) is 9.56. The minimum atomic E-state index is -1.17. The molecule has 0 bridgehead atoms. The number of thiophene rings is 1. The van der Waals surface area contributed by atoms with Crippen molar-refractivity contribution < 1.29 is 14.4 Å². The van der Waals surface area contributed by atoms with E-state index in [1.807, 2.05) is 12.3 Å². The molecule has 0 atom stereocenters. The van der Waals surface area contributed by atoms with Gasteiger partial charge in [-0.2, -0.15) is 0 Å². The zero-order chi connectivity index (χ0) is 14.3. The van der Waals surface area contributed by atoms with Gasteiger partial charge in [0.05, 0.1) is 18.4 Å².